The first-order valence-electron chi connectivity index (χ1n) is 6.89. The van der Waals surface area contributed by atoms with Crippen LogP contribution in [0, 0.1) is 6.92 Å². The van der Waals surface area contributed by atoms with Gasteiger partial charge in [-0.3, -0.25) is 0 Å². The van der Waals surface area contributed by atoms with Crippen LogP contribution >= 0.6 is 11.6 Å². The average molecular weight is 290 g/mol. The zero-order chi connectivity index (χ0) is 14.2. The van der Waals surface area contributed by atoms with Gasteiger partial charge in [-0.05, 0) is 49.2 Å². The molecule has 0 aliphatic rings. The molecule has 0 aliphatic heterocycles. The molecule has 2 aromatic rings. The lowest BCUT2D eigenvalue weighted by atomic mass is 10.1. The summed E-state index contributed by atoms with van der Waals surface area (Å²) in [6.45, 7) is 4.48. The highest BCUT2D eigenvalue weighted by Crippen LogP contribution is 2.17. The predicted molar refractivity (Wildman–Crippen MR) is 84.4 cm³/mol. The van der Waals surface area contributed by atoms with Gasteiger partial charge in [0.25, 0.3) is 0 Å². The van der Waals surface area contributed by atoms with E-state index in [9.17, 15) is 0 Å². The third-order valence-corrected chi connectivity index (χ3v) is 3.39. The number of benzene rings is 2. The highest BCUT2D eigenvalue weighted by atomic mass is 35.5. The van der Waals surface area contributed by atoms with Gasteiger partial charge in [0.1, 0.15) is 5.75 Å². The van der Waals surface area contributed by atoms with Crippen LogP contribution in [0.15, 0.2) is 48.5 Å². The second kappa shape index (κ2) is 7.93. The highest BCUT2D eigenvalue weighted by Gasteiger charge is 1.99. The second-order valence-corrected chi connectivity index (χ2v) is 5.19. The summed E-state index contributed by atoms with van der Waals surface area (Å²) in [5.74, 6) is 0.925. The van der Waals surface area contributed by atoms with Gasteiger partial charge in [-0.2, -0.15) is 0 Å². The number of aryl methyl sites for hydroxylation is 1. The Kier molecular flexibility index (Phi) is 5.90. The molecule has 0 saturated heterocycles. The normalized spacial score (nSPS) is 10.5. The van der Waals surface area contributed by atoms with Gasteiger partial charge in [0.05, 0.1) is 6.61 Å². The molecule has 106 valence electrons. The van der Waals surface area contributed by atoms with Crippen molar-refractivity contribution in [2.75, 3.05) is 13.2 Å². The van der Waals surface area contributed by atoms with Gasteiger partial charge in [-0.1, -0.05) is 41.9 Å². The van der Waals surface area contributed by atoms with E-state index >= 15 is 0 Å². The zero-order valence-corrected chi connectivity index (χ0v) is 12.5. The van der Waals surface area contributed by atoms with Gasteiger partial charge in [0, 0.05) is 11.6 Å². The largest absolute Gasteiger partial charge is 0.494 e. The Labute approximate surface area is 125 Å². The maximum Gasteiger partial charge on any atom is 0.119 e. The summed E-state index contributed by atoms with van der Waals surface area (Å²) < 4.78 is 5.63. The molecule has 0 atom stereocenters. The van der Waals surface area contributed by atoms with E-state index < -0.39 is 0 Å². The summed E-state index contributed by atoms with van der Waals surface area (Å²) in [5, 5.41) is 4.22. The molecule has 0 radical (unpaired) electrons. The molecular weight excluding hydrogens is 270 g/mol. The number of hydrogen-bond donors (Lipinski definition) is 1. The SMILES string of the molecule is Cc1ccc(CNCCCOc2ccccc2)c(Cl)c1. The Bertz CT molecular complexity index is 528. The van der Waals surface area contributed by atoms with Gasteiger partial charge in [0.15, 0.2) is 0 Å². The second-order valence-electron chi connectivity index (χ2n) is 4.79. The maximum atomic E-state index is 6.18. The fourth-order valence-electron chi connectivity index (χ4n) is 1.92. The van der Waals surface area contributed by atoms with E-state index in [2.05, 4.69) is 17.4 Å². The smallest absolute Gasteiger partial charge is 0.119 e. The molecule has 0 bridgehead atoms. The van der Waals surface area contributed by atoms with Crippen LogP contribution in [0.25, 0.3) is 0 Å². The average Bonchev–Trinajstić information content (AvgIpc) is 2.46. The standard InChI is InChI=1S/C17H20ClNO/c1-14-8-9-15(17(18)12-14)13-19-10-5-11-20-16-6-3-2-4-7-16/h2-4,6-9,12,19H,5,10-11,13H2,1H3. The summed E-state index contributed by atoms with van der Waals surface area (Å²) in [5.41, 5.74) is 2.33. The minimum Gasteiger partial charge on any atom is -0.494 e. The highest BCUT2D eigenvalue weighted by molar-refractivity contribution is 6.31. The molecule has 20 heavy (non-hydrogen) atoms. The van der Waals surface area contributed by atoms with Gasteiger partial charge in [0.2, 0.25) is 0 Å². The number of nitrogens with one attached hydrogen (secondary N) is 1. The molecule has 1 N–H and O–H groups in total. The van der Waals surface area contributed by atoms with Gasteiger partial charge < -0.3 is 10.1 Å². The molecule has 2 nitrogen and oxygen atoms in total. The molecule has 0 fully saturated rings. The quantitative estimate of drug-likeness (QED) is 0.771. The Hall–Kier alpha value is -1.51. The summed E-state index contributed by atoms with van der Waals surface area (Å²) in [7, 11) is 0. The van der Waals surface area contributed by atoms with Crippen LogP contribution in [0.2, 0.25) is 5.02 Å². The van der Waals surface area contributed by atoms with Crippen LogP contribution in [-0.2, 0) is 6.54 Å². The molecule has 0 saturated carbocycles. The number of para-hydroxylation sites is 1. The van der Waals surface area contributed by atoms with Crippen molar-refractivity contribution in [3.8, 4) is 5.75 Å². The van der Waals surface area contributed by atoms with E-state index in [-0.39, 0.29) is 0 Å². The Morgan fingerprint density at radius 3 is 2.65 bits per heavy atom. The molecule has 3 heteroatoms. The number of rotatable bonds is 7. The van der Waals surface area contributed by atoms with Crippen molar-refractivity contribution in [1.82, 2.24) is 5.32 Å². The van der Waals surface area contributed by atoms with Crippen molar-refractivity contribution in [1.29, 1.82) is 0 Å². The Balaban J connectivity index is 1.62. The third kappa shape index (κ3) is 4.87. The summed E-state index contributed by atoms with van der Waals surface area (Å²) in [4.78, 5) is 0. The first-order valence-corrected chi connectivity index (χ1v) is 7.27. The minimum absolute atomic E-state index is 0.721. The van der Waals surface area contributed by atoms with E-state index in [1.54, 1.807) is 0 Å². The van der Waals surface area contributed by atoms with E-state index in [4.69, 9.17) is 16.3 Å². The topological polar surface area (TPSA) is 21.3 Å². The van der Waals surface area contributed by atoms with Crippen molar-refractivity contribution < 1.29 is 4.74 Å². The maximum absolute atomic E-state index is 6.18. The molecule has 0 amide bonds. The Morgan fingerprint density at radius 2 is 1.90 bits per heavy atom. The van der Waals surface area contributed by atoms with E-state index in [0.29, 0.717) is 0 Å². The fourth-order valence-corrected chi connectivity index (χ4v) is 2.22. The van der Waals surface area contributed by atoms with Crippen LogP contribution in [-0.4, -0.2) is 13.2 Å². The molecule has 2 rings (SSSR count). The van der Waals surface area contributed by atoms with E-state index in [0.717, 1.165) is 42.5 Å². The van der Waals surface area contributed by atoms with Crippen LogP contribution < -0.4 is 10.1 Å². The molecule has 0 unspecified atom stereocenters. The van der Waals surface area contributed by atoms with Crippen molar-refractivity contribution in [2.24, 2.45) is 0 Å². The third-order valence-electron chi connectivity index (χ3n) is 3.03. The van der Waals surface area contributed by atoms with Crippen LogP contribution in [0.3, 0.4) is 0 Å². The molecule has 0 aromatic heterocycles. The lowest BCUT2D eigenvalue weighted by Crippen LogP contribution is -2.17. The van der Waals surface area contributed by atoms with Crippen molar-refractivity contribution >= 4 is 11.6 Å². The van der Waals surface area contributed by atoms with Crippen molar-refractivity contribution in [3.05, 3.63) is 64.7 Å². The molecular formula is C17H20ClNO. The zero-order valence-electron chi connectivity index (χ0n) is 11.7. The molecule has 0 aliphatic carbocycles. The van der Waals surface area contributed by atoms with Crippen molar-refractivity contribution in [2.45, 2.75) is 19.9 Å². The fraction of sp³-hybridized carbons (Fsp3) is 0.294. The van der Waals surface area contributed by atoms with Gasteiger partial charge in [-0.15, -0.1) is 0 Å². The molecule has 2 aromatic carbocycles. The first kappa shape index (κ1) is 14.9. The molecule has 0 spiro atoms. The summed E-state index contributed by atoms with van der Waals surface area (Å²) in [6, 6.07) is 16.0. The predicted octanol–water partition coefficient (Wildman–Crippen LogP) is 4.21. The van der Waals surface area contributed by atoms with Crippen LogP contribution in [0.1, 0.15) is 17.5 Å². The number of ether oxygens (including phenoxy) is 1. The van der Waals surface area contributed by atoms with E-state index in [1.807, 2.05) is 43.3 Å². The first-order chi connectivity index (χ1) is 9.75. The summed E-state index contributed by atoms with van der Waals surface area (Å²) in [6.07, 6.45) is 0.971. The minimum atomic E-state index is 0.721. The summed E-state index contributed by atoms with van der Waals surface area (Å²) >= 11 is 6.18. The van der Waals surface area contributed by atoms with E-state index in [1.165, 1.54) is 5.56 Å². The van der Waals surface area contributed by atoms with Gasteiger partial charge >= 0.3 is 0 Å². The van der Waals surface area contributed by atoms with Crippen LogP contribution in [0.5, 0.6) is 5.75 Å². The van der Waals surface area contributed by atoms with Crippen LogP contribution in [0.4, 0.5) is 0 Å². The Morgan fingerprint density at radius 1 is 1.10 bits per heavy atom. The van der Waals surface area contributed by atoms with Crippen molar-refractivity contribution in [3.63, 3.8) is 0 Å². The monoisotopic (exact) mass is 289 g/mol. The lowest BCUT2D eigenvalue weighted by Gasteiger charge is -2.08. The van der Waals surface area contributed by atoms with Gasteiger partial charge in [-0.25, -0.2) is 0 Å². The molecule has 0 heterocycles. The number of hydrogen-bond acceptors (Lipinski definition) is 2. The number of halogens is 1. The lowest BCUT2D eigenvalue weighted by molar-refractivity contribution is 0.308.